The van der Waals surface area contributed by atoms with E-state index in [1.807, 2.05) is 18.2 Å². The number of fused-ring (bicyclic) bond motifs is 1. The van der Waals surface area contributed by atoms with Gasteiger partial charge in [-0.25, -0.2) is 9.59 Å². The monoisotopic (exact) mass is 342 g/mol. The Balaban J connectivity index is 1.82. The lowest BCUT2D eigenvalue weighted by Crippen LogP contribution is -2.43. The van der Waals surface area contributed by atoms with Crippen LogP contribution in [0.3, 0.4) is 0 Å². The van der Waals surface area contributed by atoms with Crippen LogP contribution in [0.4, 0.5) is 4.79 Å². The van der Waals surface area contributed by atoms with E-state index >= 15 is 0 Å². The molecule has 1 atom stereocenters. The number of hydrogen-bond donors (Lipinski definition) is 1. The van der Waals surface area contributed by atoms with Crippen LogP contribution in [0.15, 0.2) is 42.7 Å². The summed E-state index contributed by atoms with van der Waals surface area (Å²) >= 11 is 0. The molecule has 1 aromatic heterocycles. The lowest BCUT2D eigenvalue weighted by atomic mass is 9.92. The molecule has 1 aliphatic heterocycles. The van der Waals surface area contributed by atoms with Crippen LogP contribution >= 0.6 is 0 Å². The number of aromatic nitrogens is 1. The van der Waals surface area contributed by atoms with Gasteiger partial charge in [-0.2, -0.15) is 0 Å². The SMILES string of the molecule is COC(=O)C1c2ccc(OCc3ccncc3)cc2CCN1C(=O)O. The molecule has 1 unspecified atom stereocenters. The fourth-order valence-corrected chi connectivity index (χ4v) is 2.91. The molecule has 0 saturated heterocycles. The number of carbonyl (C=O) groups excluding carboxylic acids is 1. The molecule has 25 heavy (non-hydrogen) atoms. The molecule has 0 fully saturated rings. The van der Waals surface area contributed by atoms with E-state index in [4.69, 9.17) is 9.47 Å². The van der Waals surface area contributed by atoms with E-state index in [0.29, 0.717) is 24.3 Å². The summed E-state index contributed by atoms with van der Waals surface area (Å²) in [6.45, 7) is 0.638. The van der Waals surface area contributed by atoms with Crippen molar-refractivity contribution in [1.82, 2.24) is 9.88 Å². The largest absolute Gasteiger partial charge is 0.489 e. The molecule has 1 aromatic carbocycles. The average Bonchev–Trinajstić information content (AvgIpc) is 2.65. The summed E-state index contributed by atoms with van der Waals surface area (Å²) < 4.78 is 10.6. The van der Waals surface area contributed by atoms with E-state index < -0.39 is 18.1 Å². The zero-order valence-corrected chi connectivity index (χ0v) is 13.7. The second-order valence-electron chi connectivity index (χ2n) is 5.66. The van der Waals surface area contributed by atoms with Crippen LogP contribution in [0.1, 0.15) is 22.7 Å². The molecule has 130 valence electrons. The van der Waals surface area contributed by atoms with Gasteiger partial charge in [-0.3, -0.25) is 9.88 Å². The van der Waals surface area contributed by atoms with Crippen LogP contribution in [0.25, 0.3) is 0 Å². The summed E-state index contributed by atoms with van der Waals surface area (Å²) in [5.74, 6) is 0.0803. The molecule has 2 heterocycles. The molecule has 2 aromatic rings. The van der Waals surface area contributed by atoms with E-state index in [1.54, 1.807) is 24.5 Å². The summed E-state index contributed by atoms with van der Waals surface area (Å²) in [5, 5.41) is 9.33. The Labute approximate surface area is 144 Å². The van der Waals surface area contributed by atoms with Gasteiger partial charge in [0, 0.05) is 18.9 Å². The number of methoxy groups -OCH3 is 1. The van der Waals surface area contributed by atoms with Crippen LogP contribution in [0, 0.1) is 0 Å². The number of esters is 1. The van der Waals surface area contributed by atoms with Gasteiger partial charge in [-0.15, -0.1) is 0 Å². The van der Waals surface area contributed by atoms with Gasteiger partial charge in [0.2, 0.25) is 0 Å². The van der Waals surface area contributed by atoms with Gasteiger partial charge in [-0.05, 0) is 47.4 Å². The van der Waals surface area contributed by atoms with Gasteiger partial charge < -0.3 is 14.6 Å². The molecule has 0 saturated carbocycles. The number of amides is 1. The highest BCUT2D eigenvalue weighted by Gasteiger charge is 2.36. The highest BCUT2D eigenvalue weighted by Crippen LogP contribution is 2.33. The van der Waals surface area contributed by atoms with Crippen molar-refractivity contribution in [1.29, 1.82) is 0 Å². The highest BCUT2D eigenvalue weighted by atomic mass is 16.5. The summed E-state index contributed by atoms with van der Waals surface area (Å²) in [6, 6.07) is 8.12. The van der Waals surface area contributed by atoms with E-state index in [9.17, 15) is 14.7 Å². The van der Waals surface area contributed by atoms with Crippen LogP contribution in [-0.4, -0.2) is 40.7 Å². The molecule has 1 aliphatic rings. The Bertz CT molecular complexity index is 778. The number of ether oxygens (including phenoxy) is 2. The Morgan fingerprint density at radius 2 is 2.04 bits per heavy atom. The summed E-state index contributed by atoms with van der Waals surface area (Å²) in [6.07, 6.45) is 2.78. The third kappa shape index (κ3) is 3.55. The van der Waals surface area contributed by atoms with E-state index in [1.165, 1.54) is 7.11 Å². The maximum atomic E-state index is 12.1. The Morgan fingerprint density at radius 1 is 1.28 bits per heavy atom. The van der Waals surface area contributed by atoms with Gasteiger partial charge in [0.15, 0.2) is 6.04 Å². The highest BCUT2D eigenvalue weighted by molar-refractivity contribution is 5.83. The second kappa shape index (κ2) is 7.21. The van der Waals surface area contributed by atoms with Crippen LogP contribution in [-0.2, 0) is 22.6 Å². The zero-order valence-electron chi connectivity index (χ0n) is 13.7. The molecule has 1 N–H and O–H groups in total. The molecule has 3 rings (SSSR count). The molecule has 1 amide bonds. The predicted molar refractivity (Wildman–Crippen MR) is 88.2 cm³/mol. The molecule has 0 aliphatic carbocycles. The van der Waals surface area contributed by atoms with Crippen molar-refractivity contribution in [2.24, 2.45) is 0 Å². The molecule has 7 heteroatoms. The number of hydrogen-bond acceptors (Lipinski definition) is 5. The summed E-state index contributed by atoms with van der Waals surface area (Å²) in [4.78, 5) is 28.5. The second-order valence-corrected chi connectivity index (χ2v) is 5.66. The van der Waals surface area contributed by atoms with Crippen LogP contribution in [0.5, 0.6) is 5.75 Å². The first kappa shape index (κ1) is 16.8. The average molecular weight is 342 g/mol. The lowest BCUT2D eigenvalue weighted by molar-refractivity contribution is -0.146. The van der Waals surface area contributed by atoms with E-state index in [0.717, 1.165) is 16.0 Å². The first-order valence-electron chi connectivity index (χ1n) is 7.82. The standard InChI is InChI=1S/C18H18N2O5/c1-24-17(21)16-15-3-2-14(25-11-12-4-7-19-8-5-12)10-13(15)6-9-20(16)18(22)23/h2-5,7-8,10,16H,6,9,11H2,1H3,(H,22,23). The Hall–Kier alpha value is -3.09. The van der Waals surface area contributed by atoms with Gasteiger partial charge in [0.25, 0.3) is 0 Å². The number of pyridine rings is 1. The third-order valence-corrected chi connectivity index (χ3v) is 4.17. The van der Waals surface area contributed by atoms with Crippen molar-refractivity contribution in [3.63, 3.8) is 0 Å². The van der Waals surface area contributed by atoms with E-state index in [2.05, 4.69) is 4.98 Å². The smallest absolute Gasteiger partial charge is 0.408 e. The maximum Gasteiger partial charge on any atom is 0.408 e. The Morgan fingerprint density at radius 3 is 2.72 bits per heavy atom. The number of carbonyl (C=O) groups is 2. The molecular weight excluding hydrogens is 324 g/mol. The van der Waals surface area contributed by atoms with Gasteiger partial charge in [0.05, 0.1) is 7.11 Å². The molecule has 7 nitrogen and oxygen atoms in total. The van der Waals surface area contributed by atoms with Crippen molar-refractivity contribution in [3.05, 3.63) is 59.4 Å². The van der Waals surface area contributed by atoms with Crippen molar-refractivity contribution in [2.75, 3.05) is 13.7 Å². The fourth-order valence-electron chi connectivity index (χ4n) is 2.91. The fraction of sp³-hybridized carbons (Fsp3) is 0.278. The summed E-state index contributed by atoms with van der Waals surface area (Å²) in [7, 11) is 1.25. The number of benzene rings is 1. The first-order valence-corrected chi connectivity index (χ1v) is 7.82. The van der Waals surface area contributed by atoms with E-state index in [-0.39, 0.29) is 6.54 Å². The van der Waals surface area contributed by atoms with Gasteiger partial charge >= 0.3 is 12.1 Å². The number of nitrogens with zero attached hydrogens (tertiary/aromatic N) is 2. The van der Waals surface area contributed by atoms with Gasteiger partial charge in [-0.1, -0.05) is 6.07 Å². The Kier molecular flexibility index (Phi) is 4.83. The van der Waals surface area contributed by atoms with Crippen LogP contribution in [0.2, 0.25) is 0 Å². The predicted octanol–water partition coefficient (Wildman–Crippen LogP) is 2.41. The minimum Gasteiger partial charge on any atom is -0.489 e. The third-order valence-electron chi connectivity index (χ3n) is 4.17. The quantitative estimate of drug-likeness (QED) is 0.859. The van der Waals surface area contributed by atoms with Crippen LogP contribution < -0.4 is 4.74 Å². The molecule has 0 radical (unpaired) electrons. The molecule has 0 spiro atoms. The van der Waals surface area contributed by atoms with Crippen molar-refractivity contribution in [3.8, 4) is 5.75 Å². The topological polar surface area (TPSA) is 89.0 Å². The normalized spacial score (nSPS) is 16.0. The summed E-state index contributed by atoms with van der Waals surface area (Å²) in [5.41, 5.74) is 2.52. The van der Waals surface area contributed by atoms with Gasteiger partial charge in [0.1, 0.15) is 12.4 Å². The minimum atomic E-state index is -1.14. The van der Waals surface area contributed by atoms with Crippen molar-refractivity contribution >= 4 is 12.1 Å². The number of rotatable bonds is 4. The van der Waals surface area contributed by atoms with Crippen molar-refractivity contribution in [2.45, 2.75) is 19.1 Å². The van der Waals surface area contributed by atoms with Crippen molar-refractivity contribution < 1.29 is 24.2 Å². The minimum absolute atomic E-state index is 0.232. The lowest BCUT2D eigenvalue weighted by Gasteiger charge is -2.33. The zero-order chi connectivity index (χ0) is 17.8. The first-order chi connectivity index (χ1) is 12.1. The molecular formula is C18H18N2O5. The number of carboxylic acid groups (broad SMARTS) is 1. The maximum absolute atomic E-state index is 12.1. The molecule has 0 bridgehead atoms.